The smallest absolute Gasteiger partial charge is 0.240 e. The second-order valence-electron chi connectivity index (χ2n) is 7.60. The van der Waals surface area contributed by atoms with E-state index in [0.29, 0.717) is 5.69 Å². The Morgan fingerprint density at radius 2 is 1.79 bits per heavy atom. The van der Waals surface area contributed by atoms with Crippen molar-refractivity contribution in [2.75, 3.05) is 4.90 Å². The minimum atomic E-state index is -0.511. The maximum Gasteiger partial charge on any atom is 0.240 e. The van der Waals surface area contributed by atoms with Crippen molar-refractivity contribution < 1.29 is 14.3 Å². The maximum absolute atomic E-state index is 13.2. The molecule has 3 aliphatic heterocycles. The van der Waals surface area contributed by atoms with Crippen LogP contribution in [0.5, 0.6) is 0 Å². The van der Waals surface area contributed by atoms with Gasteiger partial charge >= 0.3 is 0 Å². The van der Waals surface area contributed by atoms with E-state index in [1.165, 1.54) is 16.2 Å². The fourth-order valence-electron chi connectivity index (χ4n) is 5.00. The van der Waals surface area contributed by atoms with Crippen molar-refractivity contribution in [3.63, 3.8) is 0 Å². The first-order valence-corrected chi connectivity index (χ1v) is 9.14. The second-order valence-corrected chi connectivity index (χ2v) is 8.46. The minimum Gasteiger partial charge on any atom is -0.367 e. The van der Waals surface area contributed by atoms with Crippen LogP contribution in [-0.2, 0) is 14.3 Å². The van der Waals surface area contributed by atoms with Crippen LogP contribution in [-0.4, -0.2) is 28.0 Å². The Morgan fingerprint density at radius 3 is 2.42 bits per heavy atom. The van der Waals surface area contributed by atoms with Crippen molar-refractivity contribution in [3.8, 4) is 0 Å². The van der Waals surface area contributed by atoms with Crippen molar-refractivity contribution in [1.29, 1.82) is 0 Å². The van der Waals surface area contributed by atoms with Gasteiger partial charge in [0.05, 0.1) is 44.5 Å². The summed E-state index contributed by atoms with van der Waals surface area (Å²) in [6.45, 7) is 5.92. The monoisotopic (exact) mass is 342 g/mol. The number of fused-ring (bicyclic) bond motifs is 6. The summed E-state index contributed by atoms with van der Waals surface area (Å²) in [5.74, 6) is -0.939. The number of ether oxygens (including phenoxy) is 1. The molecule has 0 aliphatic carbocycles. The standard InChI is InChI=1S/C18H18N2O3S/c1-9-11(5-4-10-14(9)24-8-19-10)20-15(21)12-13(16(20)22)18(3)7-6-17(12,2)23-18/h4-5,8,12-13H,6-7H2,1-3H3/t12-,13+,17-,18+. The molecule has 1 aromatic carbocycles. The lowest BCUT2D eigenvalue weighted by Gasteiger charge is -2.27. The summed E-state index contributed by atoms with van der Waals surface area (Å²) in [5.41, 5.74) is 3.32. The first kappa shape index (κ1) is 14.5. The molecule has 0 N–H and O–H groups in total. The van der Waals surface area contributed by atoms with Crippen molar-refractivity contribution >= 4 is 39.1 Å². The number of benzene rings is 1. The van der Waals surface area contributed by atoms with E-state index in [1.807, 2.05) is 32.9 Å². The molecule has 5 rings (SSSR count). The van der Waals surface area contributed by atoms with Crippen LogP contribution in [0.1, 0.15) is 32.3 Å². The van der Waals surface area contributed by atoms with E-state index in [9.17, 15) is 9.59 Å². The molecule has 4 atom stereocenters. The molecule has 2 amide bonds. The number of carbonyl (C=O) groups excluding carboxylic acids is 2. The zero-order chi connectivity index (χ0) is 16.9. The van der Waals surface area contributed by atoms with E-state index in [2.05, 4.69) is 4.98 Å². The predicted octanol–water partition coefficient (Wildman–Crippen LogP) is 3.05. The second kappa shape index (κ2) is 4.24. The summed E-state index contributed by atoms with van der Waals surface area (Å²) in [5, 5.41) is 0. The number of aromatic nitrogens is 1. The van der Waals surface area contributed by atoms with Gasteiger partial charge in [-0.25, -0.2) is 9.88 Å². The lowest BCUT2D eigenvalue weighted by molar-refractivity contribution is -0.129. The molecule has 0 unspecified atom stereocenters. The Kier molecular flexibility index (Phi) is 2.57. The van der Waals surface area contributed by atoms with Crippen LogP contribution in [0.2, 0.25) is 0 Å². The number of nitrogens with zero attached hydrogens (tertiary/aromatic N) is 2. The average molecular weight is 342 g/mol. The molecule has 5 nitrogen and oxygen atoms in total. The first-order chi connectivity index (χ1) is 11.4. The molecular formula is C18H18N2O3S. The summed E-state index contributed by atoms with van der Waals surface area (Å²) in [7, 11) is 0. The fraction of sp³-hybridized carbons (Fsp3) is 0.500. The summed E-state index contributed by atoms with van der Waals surface area (Å²) in [6.07, 6.45) is 1.68. The van der Waals surface area contributed by atoms with Crippen molar-refractivity contribution in [2.24, 2.45) is 11.8 Å². The maximum atomic E-state index is 13.2. The number of hydrogen-bond donors (Lipinski definition) is 0. The molecule has 124 valence electrons. The Labute approximate surface area is 143 Å². The quantitative estimate of drug-likeness (QED) is 0.748. The van der Waals surface area contributed by atoms with Gasteiger partial charge in [-0.15, -0.1) is 11.3 Å². The fourth-order valence-corrected chi connectivity index (χ4v) is 5.80. The average Bonchev–Trinajstić information content (AvgIpc) is 3.22. The zero-order valence-electron chi connectivity index (χ0n) is 13.8. The van der Waals surface area contributed by atoms with Gasteiger partial charge in [-0.2, -0.15) is 0 Å². The molecule has 0 saturated carbocycles. The van der Waals surface area contributed by atoms with Crippen LogP contribution in [0.4, 0.5) is 5.69 Å². The van der Waals surface area contributed by atoms with E-state index < -0.39 is 11.2 Å². The molecule has 3 fully saturated rings. The number of rotatable bonds is 1. The third-order valence-corrected chi connectivity index (χ3v) is 7.13. The van der Waals surface area contributed by atoms with Crippen molar-refractivity contribution in [3.05, 3.63) is 23.2 Å². The molecule has 4 heterocycles. The highest BCUT2D eigenvalue weighted by molar-refractivity contribution is 7.17. The highest BCUT2D eigenvalue weighted by Crippen LogP contribution is 2.61. The molecule has 2 aromatic rings. The van der Waals surface area contributed by atoms with Gasteiger partial charge in [0.1, 0.15) is 0 Å². The normalized spacial score (nSPS) is 37.7. The van der Waals surface area contributed by atoms with Crippen LogP contribution in [0.25, 0.3) is 10.2 Å². The van der Waals surface area contributed by atoms with Gasteiger partial charge in [0, 0.05) is 0 Å². The van der Waals surface area contributed by atoms with Crippen LogP contribution in [0.3, 0.4) is 0 Å². The minimum absolute atomic E-state index is 0.108. The molecule has 24 heavy (non-hydrogen) atoms. The number of imide groups is 1. The number of anilines is 1. The lowest BCUT2D eigenvalue weighted by Crippen LogP contribution is -2.40. The van der Waals surface area contributed by atoms with Crippen molar-refractivity contribution in [1.82, 2.24) is 4.98 Å². The molecule has 2 bridgehead atoms. The lowest BCUT2D eigenvalue weighted by atomic mass is 9.69. The Bertz CT molecular complexity index is 888. The molecule has 6 heteroatoms. The van der Waals surface area contributed by atoms with Gasteiger partial charge in [-0.05, 0) is 51.3 Å². The molecule has 1 aromatic heterocycles. The Balaban J connectivity index is 1.66. The summed E-state index contributed by atoms with van der Waals surface area (Å²) < 4.78 is 7.18. The van der Waals surface area contributed by atoms with E-state index in [-0.39, 0.29) is 23.7 Å². The number of aryl methyl sites for hydroxylation is 1. The zero-order valence-corrected chi connectivity index (χ0v) is 14.6. The third-order valence-electron chi connectivity index (χ3n) is 6.17. The summed E-state index contributed by atoms with van der Waals surface area (Å²) in [6, 6.07) is 3.74. The highest BCUT2D eigenvalue weighted by Gasteiger charge is 2.72. The summed E-state index contributed by atoms with van der Waals surface area (Å²) in [4.78, 5) is 32.1. The van der Waals surface area contributed by atoms with Crippen LogP contribution >= 0.6 is 11.3 Å². The number of amides is 2. The summed E-state index contributed by atoms with van der Waals surface area (Å²) >= 11 is 1.54. The van der Waals surface area contributed by atoms with Gasteiger partial charge in [-0.3, -0.25) is 9.59 Å². The van der Waals surface area contributed by atoms with Gasteiger partial charge in [0.2, 0.25) is 11.8 Å². The predicted molar refractivity (Wildman–Crippen MR) is 91.0 cm³/mol. The number of thiazole rings is 1. The van der Waals surface area contributed by atoms with Crippen LogP contribution in [0, 0.1) is 18.8 Å². The largest absolute Gasteiger partial charge is 0.367 e. The number of hydrogen-bond acceptors (Lipinski definition) is 5. The number of carbonyl (C=O) groups is 2. The Morgan fingerprint density at radius 1 is 1.17 bits per heavy atom. The first-order valence-electron chi connectivity index (χ1n) is 8.26. The van der Waals surface area contributed by atoms with Gasteiger partial charge < -0.3 is 4.74 Å². The van der Waals surface area contributed by atoms with Gasteiger partial charge in [0.25, 0.3) is 0 Å². The van der Waals surface area contributed by atoms with Gasteiger partial charge in [-0.1, -0.05) is 0 Å². The van der Waals surface area contributed by atoms with E-state index in [0.717, 1.165) is 28.6 Å². The molecule has 3 saturated heterocycles. The van der Waals surface area contributed by atoms with Crippen molar-refractivity contribution in [2.45, 2.75) is 44.8 Å². The molecular weight excluding hydrogens is 324 g/mol. The SMILES string of the molecule is Cc1c(N2C(=O)[C@@H]3[C@H](C2=O)[C@@]2(C)CC[C@]3(C)O2)ccc2ncsc12. The molecule has 0 radical (unpaired) electrons. The van der Waals surface area contributed by atoms with E-state index in [4.69, 9.17) is 4.74 Å². The van der Waals surface area contributed by atoms with Gasteiger partial charge in [0.15, 0.2) is 0 Å². The van der Waals surface area contributed by atoms with E-state index >= 15 is 0 Å². The van der Waals surface area contributed by atoms with Crippen LogP contribution in [0.15, 0.2) is 17.6 Å². The highest BCUT2D eigenvalue weighted by atomic mass is 32.1. The molecule has 3 aliphatic rings. The van der Waals surface area contributed by atoms with E-state index in [1.54, 1.807) is 5.51 Å². The topological polar surface area (TPSA) is 59.5 Å². The molecule has 0 spiro atoms. The third kappa shape index (κ3) is 1.51. The Hall–Kier alpha value is -1.79. The van der Waals surface area contributed by atoms with Crippen LogP contribution < -0.4 is 4.90 Å².